The normalized spacial score (nSPS) is 19.3. The first kappa shape index (κ1) is 24.5. The zero-order valence-corrected chi connectivity index (χ0v) is 20.5. The first-order valence-corrected chi connectivity index (χ1v) is 11.4. The molecule has 0 aliphatic carbocycles. The molecule has 2 N–H and O–H groups in total. The topological polar surface area (TPSA) is 67.1 Å². The first-order valence-electron chi connectivity index (χ1n) is 11.4. The van der Waals surface area contributed by atoms with E-state index in [4.69, 9.17) is 20.2 Å². The van der Waals surface area contributed by atoms with E-state index >= 15 is 0 Å². The summed E-state index contributed by atoms with van der Waals surface area (Å²) in [4.78, 5) is 12.1. The molecule has 1 atom stereocenters. The second kappa shape index (κ2) is 11.1. The summed E-state index contributed by atoms with van der Waals surface area (Å²) < 4.78 is 11.1. The van der Waals surface area contributed by atoms with E-state index in [0.717, 1.165) is 78.8 Å². The fraction of sp³-hybridized carbons (Fsp3) is 0.560. The van der Waals surface area contributed by atoms with Gasteiger partial charge in [0.2, 0.25) is 0 Å². The van der Waals surface area contributed by atoms with Gasteiger partial charge in [0.05, 0.1) is 19.9 Å². The maximum Gasteiger partial charge on any atom is 0.130 e. The van der Waals surface area contributed by atoms with Crippen molar-refractivity contribution in [2.45, 2.75) is 26.4 Å². The third kappa shape index (κ3) is 5.98. The van der Waals surface area contributed by atoms with Gasteiger partial charge in [-0.25, -0.2) is 0 Å². The highest BCUT2D eigenvalue weighted by Gasteiger charge is 2.23. The summed E-state index contributed by atoms with van der Waals surface area (Å²) in [5.74, 6) is 1.61. The Labute approximate surface area is 193 Å². The highest BCUT2D eigenvalue weighted by atomic mass is 16.5. The quantitative estimate of drug-likeness (QED) is 0.738. The van der Waals surface area contributed by atoms with Crippen LogP contribution in [0.15, 0.2) is 24.3 Å². The Kier molecular flexibility index (Phi) is 8.48. The van der Waals surface area contributed by atoms with E-state index in [-0.39, 0.29) is 0 Å². The SMILES string of the molecule is COc1cc(C)c(-c2cc(C)nc(CN3CCN(C)CCN(C)CC3CN)c2)c(OC)c1. The lowest BCUT2D eigenvalue weighted by atomic mass is 9.98. The molecule has 7 heteroatoms. The van der Waals surface area contributed by atoms with Gasteiger partial charge < -0.3 is 25.0 Å². The lowest BCUT2D eigenvalue weighted by Gasteiger charge is -2.32. The Hall–Kier alpha value is -2.19. The number of aryl methyl sites for hydroxylation is 2. The van der Waals surface area contributed by atoms with Gasteiger partial charge in [-0.1, -0.05) is 0 Å². The number of ether oxygens (including phenoxy) is 2. The average Bonchev–Trinajstić information content (AvgIpc) is 2.83. The van der Waals surface area contributed by atoms with Gasteiger partial charge in [-0.2, -0.15) is 0 Å². The van der Waals surface area contributed by atoms with Crippen LogP contribution in [0.3, 0.4) is 0 Å². The second-order valence-corrected chi connectivity index (χ2v) is 8.94. The van der Waals surface area contributed by atoms with Gasteiger partial charge in [0.25, 0.3) is 0 Å². The van der Waals surface area contributed by atoms with Crippen LogP contribution in [0.5, 0.6) is 11.5 Å². The molecule has 2 heterocycles. The van der Waals surface area contributed by atoms with Gasteiger partial charge in [0, 0.05) is 69.2 Å². The number of aromatic nitrogens is 1. The van der Waals surface area contributed by atoms with Gasteiger partial charge >= 0.3 is 0 Å². The second-order valence-electron chi connectivity index (χ2n) is 8.94. The lowest BCUT2D eigenvalue weighted by molar-refractivity contribution is 0.154. The van der Waals surface area contributed by atoms with Crippen LogP contribution in [0.1, 0.15) is 17.0 Å². The molecular formula is C25H39N5O2. The molecule has 0 saturated carbocycles. The fourth-order valence-electron chi connectivity index (χ4n) is 4.48. The van der Waals surface area contributed by atoms with E-state index in [1.165, 1.54) is 0 Å². The van der Waals surface area contributed by atoms with Crippen molar-refractivity contribution in [1.29, 1.82) is 0 Å². The molecule has 2 aromatic rings. The van der Waals surface area contributed by atoms with Crippen molar-refractivity contribution in [3.8, 4) is 22.6 Å². The summed E-state index contributed by atoms with van der Waals surface area (Å²) in [5.41, 5.74) is 11.6. The molecule has 7 nitrogen and oxygen atoms in total. The summed E-state index contributed by atoms with van der Waals surface area (Å²) in [6.07, 6.45) is 0. The molecule has 1 aromatic heterocycles. The summed E-state index contributed by atoms with van der Waals surface area (Å²) in [6, 6.07) is 8.61. The maximum absolute atomic E-state index is 6.22. The molecule has 0 bridgehead atoms. The molecule has 0 spiro atoms. The van der Waals surface area contributed by atoms with Crippen LogP contribution in [-0.2, 0) is 6.54 Å². The van der Waals surface area contributed by atoms with Crippen molar-refractivity contribution in [2.24, 2.45) is 5.73 Å². The van der Waals surface area contributed by atoms with Crippen molar-refractivity contribution in [3.63, 3.8) is 0 Å². The molecule has 176 valence electrons. The van der Waals surface area contributed by atoms with Crippen molar-refractivity contribution in [1.82, 2.24) is 19.7 Å². The fourth-order valence-corrected chi connectivity index (χ4v) is 4.48. The number of hydrogen-bond donors (Lipinski definition) is 1. The zero-order valence-electron chi connectivity index (χ0n) is 20.5. The summed E-state index contributed by atoms with van der Waals surface area (Å²) in [6.45, 7) is 10.7. The molecule has 1 aliphatic rings. The van der Waals surface area contributed by atoms with Gasteiger partial charge in [0.1, 0.15) is 11.5 Å². The van der Waals surface area contributed by atoms with Crippen LogP contribution in [0.2, 0.25) is 0 Å². The number of rotatable bonds is 6. The predicted octanol–water partition coefficient (Wildman–Crippen LogP) is 2.39. The molecule has 1 saturated heterocycles. The standard InChI is InChI=1S/C25H39N5O2/c1-18-11-23(31-5)14-24(32-6)25(18)20-12-19(2)27-21(13-20)16-30-10-9-28(3)7-8-29(4)17-22(30)15-26/h11-14,22H,7-10,15-17,26H2,1-6H3. The number of likely N-dealkylation sites (N-methyl/N-ethyl adjacent to an activating group) is 2. The molecule has 1 aliphatic heterocycles. The van der Waals surface area contributed by atoms with Crippen molar-refractivity contribution < 1.29 is 9.47 Å². The largest absolute Gasteiger partial charge is 0.497 e. The van der Waals surface area contributed by atoms with Gasteiger partial charge in [0.15, 0.2) is 0 Å². The smallest absolute Gasteiger partial charge is 0.130 e. The van der Waals surface area contributed by atoms with Crippen molar-refractivity contribution in [2.75, 3.05) is 67.6 Å². The van der Waals surface area contributed by atoms with E-state index in [9.17, 15) is 0 Å². The molecule has 0 radical (unpaired) electrons. The van der Waals surface area contributed by atoms with Crippen molar-refractivity contribution >= 4 is 0 Å². The third-order valence-corrected chi connectivity index (χ3v) is 6.33. The number of benzene rings is 1. The highest BCUT2D eigenvalue weighted by molar-refractivity contribution is 5.75. The van der Waals surface area contributed by atoms with E-state index in [0.29, 0.717) is 12.6 Å². The van der Waals surface area contributed by atoms with Crippen LogP contribution in [0.25, 0.3) is 11.1 Å². The van der Waals surface area contributed by atoms with Crippen LogP contribution in [0.4, 0.5) is 0 Å². The monoisotopic (exact) mass is 441 g/mol. The van der Waals surface area contributed by atoms with Gasteiger partial charge in [-0.3, -0.25) is 9.88 Å². The molecule has 3 rings (SSSR count). The Bertz CT molecular complexity index is 904. The highest BCUT2D eigenvalue weighted by Crippen LogP contribution is 2.37. The number of hydrogen-bond acceptors (Lipinski definition) is 7. The summed E-state index contributed by atoms with van der Waals surface area (Å²) in [7, 11) is 7.75. The number of pyridine rings is 1. The summed E-state index contributed by atoms with van der Waals surface area (Å²) >= 11 is 0. The minimum atomic E-state index is 0.300. The Morgan fingerprint density at radius 1 is 0.969 bits per heavy atom. The maximum atomic E-state index is 6.22. The first-order chi connectivity index (χ1) is 15.3. The van der Waals surface area contributed by atoms with Gasteiger partial charge in [-0.15, -0.1) is 0 Å². The van der Waals surface area contributed by atoms with Crippen LogP contribution in [0, 0.1) is 13.8 Å². The molecule has 1 fully saturated rings. The Balaban J connectivity index is 1.94. The lowest BCUT2D eigenvalue weighted by Crippen LogP contribution is -2.47. The number of nitrogens with two attached hydrogens (primary N) is 1. The zero-order chi connectivity index (χ0) is 23.3. The van der Waals surface area contributed by atoms with Crippen LogP contribution in [-0.4, -0.2) is 93.3 Å². The van der Waals surface area contributed by atoms with E-state index in [1.54, 1.807) is 14.2 Å². The van der Waals surface area contributed by atoms with Crippen molar-refractivity contribution in [3.05, 3.63) is 41.2 Å². The molecule has 1 unspecified atom stereocenters. The molecule has 1 aromatic carbocycles. The molecule has 0 amide bonds. The number of methoxy groups -OCH3 is 2. The molecular weight excluding hydrogens is 402 g/mol. The minimum absolute atomic E-state index is 0.300. The number of nitrogens with zero attached hydrogens (tertiary/aromatic N) is 4. The Morgan fingerprint density at radius 3 is 2.38 bits per heavy atom. The van der Waals surface area contributed by atoms with E-state index in [1.807, 2.05) is 12.1 Å². The van der Waals surface area contributed by atoms with Crippen LogP contribution < -0.4 is 15.2 Å². The third-order valence-electron chi connectivity index (χ3n) is 6.33. The average molecular weight is 442 g/mol. The minimum Gasteiger partial charge on any atom is -0.497 e. The van der Waals surface area contributed by atoms with E-state index in [2.05, 4.69) is 54.8 Å². The Morgan fingerprint density at radius 2 is 1.69 bits per heavy atom. The molecule has 32 heavy (non-hydrogen) atoms. The van der Waals surface area contributed by atoms with Gasteiger partial charge in [-0.05, 0) is 57.3 Å². The van der Waals surface area contributed by atoms with E-state index < -0.39 is 0 Å². The predicted molar refractivity (Wildman–Crippen MR) is 130 cm³/mol. The van der Waals surface area contributed by atoms with Crippen LogP contribution >= 0.6 is 0 Å². The summed E-state index contributed by atoms with van der Waals surface area (Å²) in [5, 5.41) is 0.